The minimum Gasteiger partial charge on any atom is -1.00 e. The van der Waals surface area contributed by atoms with Gasteiger partial charge in [-0.15, -0.1) is 0 Å². The highest BCUT2D eigenvalue weighted by Crippen LogP contribution is 2.59. The van der Waals surface area contributed by atoms with Gasteiger partial charge in [-0.2, -0.15) is 0 Å². The third-order valence-electron chi connectivity index (χ3n) is 5.27. The first-order valence-corrected chi connectivity index (χ1v) is 11.6. The van der Waals surface area contributed by atoms with Crippen LogP contribution in [-0.2, 0) is 6.16 Å². The highest BCUT2D eigenvalue weighted by atomic mass is 79.9. The summed E-state index contributed by atoms with van der Waals surface area (Å²) < 4.78 is 0. The quantitative estimate of drug-likeness (QED) is 0.253. The van der Waals surface area contributed by atoms with Gasteiger partial charge < -0.3 is 22.1 Å². The lowest BCUT2D eigenvalue weighted by atomic mass is 10.2. The second-order valence-corrected chi connectivity index (χ2v) is 10.5. The van der Waals surface area contributed by atoms with E-state index in [1.165, 1.54) is 18.2 Å². The van der Waals surface area contributed by atoms with Crippen LogP contribution >= 0.6 is 7.26 Å². The third kappa shape index (κ3) is 4.53. The van der Waals surface area contributed by atoms with Gasteiger partial charge in [-0.3, -0.25) is 10.1 Å². The van der Waals surface area contributed by atoms with Crippen LogP contribution in [0.25, 0.3) is 0 Å². The van der Waals surface area contributed by atoms with Crippen LogP contribution in [0, 0.1) is 10.1 Å². The molecule has 31 heavy (non-hydrogen) atoms. The molecule has 4 rings (SSSR count). The minimum atomic E-state index is -2.23. The fourth-order valence-electron chi connectivity index (χ4n) is 3.84. The maximum Gasteiger partial charge on any atom is 0.270 e. The molecule has 4 nitrogen and oxygen atoms in total. The zero-order chi connectivity index (χ0) is 21.0. The monoisotopic (exact) mass is 493 g/mol. The van der Waals surface area contributed by atoms with Crippen LogP contribution in [0.1, 0.15) is 5.56 Å². The Morgan fingerprint density at radius 1 is 0.710 bits per heavy atom. The van der Waals surface area contributed by atoms with Crippen molar-refractivity contribution in [2.75, 3.05) is 0 Å². The number of phenolic OH excluding ortho intramolecular Hbond substituents is 1. The first kappa shape index (κ1) is 22.7. The summed E-state index contributed by atoms with van der Waals surface area (Å²) in [4.78, 5) is 11.0. The molecular weight excluding hydrogens is 473 g/mol. The lowest BCUT2D eigenvalue weighted by molar-refractivity contribution is -0.384. The zero-order valence-corrected chi connectivity index (χ0v) is 19.1. The van der Waals surface area contributed by atoms with Crippen LogP contribution in [0.4, 0.5) is 5.69 Å². The molecule has 0 saturated heterocycles. The van der Waals surface area contributed by atoms with Gasteiger partial charge in [0.25, 0.3) is 5.69 Å². The summed E-state index contributed by atoms with van der Waals surface area (Å²) in [6.45, 7) is 0. The van der Waals surface area contributed by atoms with Crippen molar-refractivity contribution in [3.05, 3.63) is 125 Å². The van der Waals surface area contributed by atoms with Gasteiger partial charge in [0.15, 0.2) is 0 Å². The molecule has 0 fully saturated rings. The van der Waals surface area contributed by atoms with E-state index in [1.807, 2.05) is 54.6 Å². The van der Waals surface area contributed by atoms with Gasteiger partial charge in [0.1, 0.15) is 35.1 Å². The number of benzene rings is 4. The predicted molar refractivity (Wildman–Crippen MR) is 124 cm³/mol. The molecule has 0 aromatic heterocycles. The van der Waals surface area contributed by atoms with Crippen molar-refractivity contribution < 1.29 is 27.0 Å². The lowest BCUT2D eigenvalue weighted by Crippen LogP contribution is -3.00. The first-order valence-electron chi connectivity index (χ1n) is 9.62. The molecule has 0 aliphatic rings. The summed E-state index contributed by atoms with van der Waals surface area (Å²) in [5.41, 5.74) is 0.559. The molecule has 0 saturated carbocycles. The normalized spacial score (nSPS) is 10.8. The first-order chi connectivity index (χ1) is 14.6. The molecule has 1 N–H and O–H groups in total. The minimum absolute atomic E-state index is 0. The average molecular weight is 494 g/mol. The van der Waals surface area contributed by atoms with Gasteiger partial charge in [0.2, 0.25) is 0 Å². The van der Waals surface area contributed by atoms with E-state index in [4.69, 9.17) is 0 Å². The van der Waals surface area contributed by atoms with Crippen LogP contribution < -0.4 is 32.9 Å². The van der Waals surface area contributed by atoms with Gasteiger partial charge in [-0.05, 0) is 42.5 Å². The number of hydrogen-bond acceptors (Lipinski definition) is 3. The van der Waals surface area contributed by atoms with Crippen molar-refractivity contribution in [3.8, 4) is 5.75 Å². The lowest BCUT2D eigenvalue weighted by Gasteiger charge is -2.28. The molecule has 6 heteroatoms. The molecule has 0 spiro atoms. The van der Waals surface area contributed by atoms with E-state index in [2.05, 4.69) is 36.4 Å². The standard InChI is InChI=1S/C25H20NO3P.BrH/c27-25-17-16-21(26(28)29)18-20(25)19-30(22-10-4-1-5-11-22,23-12-6-2-7-13-23)24-14-8-3-9-15-24;/h1-18H,19H2;1H. The second-order valence-electron chi connectivity index (χ2n) is 7.04. The van der Waals surface area contributed by atoms with Gasteiger partial charge in [0, 0.05) is 17.7 Å². The van der Waals surface area contributed by atoms with E-state index in [1.54, 1.807) is 0 Å². The Balaban J connectivity index is 0.00000272. The van der Waals surface area contributed by atoms with E-state index in [0.29, 0.717) is 11.7 Å². The molecule has 0 heterocycles. The topological polar surface area (TPSA) is 63.4 Å². The number of nitro groups is 1. The molecule has 4 aromatic carbocycles. The Labute approximate surface area is 192 Å². The van der Waals surface area contributed by atoms with E-state index in [-0.39, 0.29) is 28.4 Å². The van der Waals surface area contributed by atoms with Crippen molar-refractivity contribution >= 4 is 28.9 Å². The number of halogens is 1. The molecule has 0 atom stereocenters. The Morgan fingerprint density at radius 2 is 1.13 bits per heavy atom. The molecule has 0 aliphatic heterocycles. The van der Waals surface area contributed by atoms with Crippen molar-refractivity contribution in [3.63, 3.8) is 0 Å². The largest absolute Gasteiger partial charge is 1.00 e. The number of nitro benzene ring substituents is 1. The SMILES string of the molecule is O=[N+]([O-])c1ccc(O)c(C[P+](c2ccccc2)(c2ccccc2)c2ccccc2)c1.[Br-]. The molecule has 156 valence electrons. The number of phenols is 1. The number of rotatable bonds is 6. The van der Waals surface area contributed by atoms with Gasteiger partial charge in [0.05, 0.1) is 4.92 Å². The van der Waals surface area contributed by atoms with Crippen LogP contribution in [-0.4, -0.2) is 10.0 Å². The second kappa shape index (κ2) is 9.86. The predicted octanol–water partition coefficient (Wildman–Crippen LogP) is 1.80. The van der Waals surface area contributed by atoms with Crippen molar-refractivity contribution in [2.24, 2.45) is 0 Å². The number of nitrogens with zero attached hydrogens (tertiary/aromatic N) is 1. The van der Waals surface area contributed by atoms with E-state index < -0.39 is 12.2 Å². The Morgan fingerprint density at radius 3 is 1.52 bits per heavy atom. The fourth-order valence-corrected chi connectivity index (χ4v) is 8.09. The van der Waals surface area contributed by atoms with E-state index in [0.717, 1.165) is 15.9 Å². The number of aromatic hydroxyl groups is 1. The van der Waals surface area contributed by atoms with Crippen molar-refractivity contribution in [1.29, 1.82) is 0 Å². The molecule has 0 bridgehead atoms. The zero-order valence-electron chi connectivity index (χ0n) is 16.6. The van der Waals surface area contributed by atoms with E-state index in [9.17, 15) is 15.2 Å². The van der Waals surface area contributed by atoms with E-state index >= 15 is 0 Å². The smallest absolute Gasteiger partial charge is 0.270 e. The highest BCUT2D eigenvalue weighted by molar-refractivity contribution is 7.95. The van der Waals surface area contributed by atoms with Gasteiger partial charge in [-0.25, -0.2) is 0 Å². The molecule has 0 aliphatic carbocycles. The molecule has 4 aromatic rings. The molecule has 0 amide bonds. The van der Waals surface area contributed by atoms with Crippen LogP contribution in [0.3, 0.4) is 0 Å². The Bertz CT molecular complexity index is 1060. The van der Waals surface area contributed by atoms with Gasteiger partial charge >= 0.3 is 0 Å². The maximum absolute atomic E-state index is 11.4. The van der Waals surface area contributed by atoms with Crippen molar-refractivity contribution in [2.45, 2.75) is 6.16 Å². The number of non-ortho nitro benzene ring substituents is 1. The fraction of sp³-hybridized carbons (Fsp3) is 0.0400. The Kier molecular flexibility index (Phi) is 7.21. The summed E-state index contributed by atoms with van der Waals surface area (Å²) in [5, 5.41) is 25.5. The van der Waals surface area contributed by atoms with Crippen molar-refractivity contribution in [1.82, 2.24) is 0 Å². The molecule has 0 radical (unpaired) electrons. The maximum atomic E-state index is 11.4. The van der Waals surface area contributed by atoms with Gasteiger partial charge in [-0.1, -0.05) is 54.6 Å². The highest BCUT2D eigenvalue weighted by Gasteiger charge is 2.46. The Hall–Kier alpha value is -3.01. The summed E-state index contributed by atoms with van der Waals surface area (Å²) in [5.74, 6) is 0.0766. The summed E-state index contributed by atoms with van der Waals surface area (Å²) in [6, 6.07) is 35.0. The summed E-state index contributed by atoms with van der Waals surface area (Å²) in [7, 11) is -2.23. The average Bonchev–Trinajstić information content (AvgIpc) is 2.80. The summed E-state index contributed by atoms with van der Waals surface area (Å²) >= 11 is 0. The number of hydrogen-bond donors (Lipinski definition) is 1. The van der Waals surface area contributed by atoms with Crippen LogP contribution in [0.2, 0.25) is 0 Å². The third-order valence-corrected chi connectivity index (χ3v) is 9.63. The molecule has 0 unspecified atom stereocenters. The summed E-state index contributed by atoms with van der Waals surface area (Å²) in [6.07, 6.45) is 0.485. The van der Waals surface area contributed by atoms with Crippen LogP contribution in [0.15, 0.2) is 109 Å². The van der Waals surface area contributed by atoms with Crippen LogP contribution in [0.5, 0.6) is 5.75 Å². The molecular formula is C25H21BrNO3P.